The van der Waals surface area contributed by atoms with Crippen LogP contribution in [0.2, 0.25) is 0 Å². The van der Waals surface area contributed by atoms with E-state index >= 15 is 0 Å². The first-order valence-corrected chi connectivity index (χ1v) is 6.57. The van der Waals surface area contributed by atoms with Crippen LogP contribution in [0.25, 0.3) is 0 Å². The number of hydrogen-bond donors (Lipinski definition) is 1. The van der Waals surface area contributed by atoms with Gasteiger partial charge in [0, 0.05) is 6.07 Å². The van der Waals surface area contributed by atoms with E-state index in [0.29, 0.717) is 17.7 Å². The highest BCUT2D eigenvalue weighted by Gasteiger charge is 2.46. The lowest BCUT2D eigenvalue weighted by molar-refractivity contribution is -0.152. The maximum Gasteiger partial charge on any atom is 0.451 e. The zero-order chi connectivity index (χ0) is 15.8. The van der Waals surface area contributed by atoms with Crippen LogP contribution in [0, 0.1) is 6.92 Å². The van der Waals surface area contributed by atoms with Gasteiger partial charge in [-0.05, 0) is 13.3 Å². The molecule has 2 rings (SSSR count). The molecule has 0 aromatic carbocycles. The van der Waals surface area contributed by atoms with Gasteiger partial charge in [-0.2, -0.15) is 13.2 Å². The fourth-order valence-corrected chi connectivity index (χ4v) is 2.23. The van der Waals surface area contributed by atoms with Gasteiger partial charge in [-0.3, -0.25) is 4.79 Å². The summed E-state index contributed by atoms with van der Waals surface area (Å²) < 4.78 is 43.3. The smallest absolute Gasteiger partial charge is 0.451 e. The third kappa shape index (κ3) is 2.88. The number of amides is 3. The molecule has 1 aliphatic heterocycles. The number of aryl methyl sites for hydroxylation is 1. The molecule has 8 heteroatoms. The van der Waals surface area contributed by atoms with E-state index < -0.39 is 35.6 Å². The van der Waals surface area contributed by atoms with Crippen molar-refractivity contribution >= 4 is 17.6 Å². The Hall–Kier alpha value is -1.99. The Bertz CT molecular complexity index is 565. The molecule has 116 valence electrons. The number of nitrogens with one attached hydrogen (secondary N) is 1. The van der Waals surface area contributed by atoms with Gasteiger partial charge in [0.1, 0.15) is 17.5 Å². The summed E-state index contributed by atoms with van der Waals surface area (Å²) in [6, 6.07) is -0.594. The summed E-state index contributed by atoms with van der Waals surface area (Å²) in [6.45, 7) is 3.24. The summed E-state index contributed by atoms with van der Waals surface area (Å²) in [5, 5.41) is 2.40. The summed E-state index contributed by atoms with van der Waals surface area (Å²) >= 11 is 0. The predicted octanol–water partition coefficient (Wildman–Crippen LogP) is 3.22. The first-order chi connectivity index (χ1) is 9.75. The zero-order valence-electron chi connectivity index (χ0n) is 11.6. The summed E-state index contributed by atoms with van der Waals surface area (Å²) in [7, 11) is 0. The lowest BCUT2D eigenvalue weighted by Crippen LogP contribution is -2.32. The van der Waals surface area contributed by atoms with Gasteiger partial charge in [0.25, 0.3) is 5.91 Å². The molecule has 1 aromatic heterocycles. The average Bonchev–Trinajstić information content (AvgIpc) is 2.87. The highest BCUT2D eigenvalue weighted by Crippen LogP contribution is 2.40. The number of carbonyl (C=O) groups excluding carboxylic acids is 2. The molecule has 1 aromatic rings. The van der Waals surface area contributed by atoms with Gasteiger partial charge < -0.3 is 9.73 Å². The first-order valence-electron chi connectivity index (χ1n) is 6.57. The minimum atomic E-state index is -4.77. The number of nitrogens with zero attached hydrogens (tertiary/aromatic N) is 1. The maximum absolute atomic E-state index is 12.9. The molecule has 1 unspecified atom stereocenters. The average molecular weight is 304 g/mol. The van der Waals surface area contributed by atoms with Crippen LogP contribution in [0.1, 0.15) is 37.7 Å². The van der Waals surface area contributed by atoms with E-state index in [0.717, 1.165) is 12.5 Å². The van der Waals surface area contributed by atoms with Crippen LogP contribution in [0.15, 0.2) is 10.5 Å². The molecule has 1 aliphatic rings. The van der Waals surface area contributed by atoms with Crippen molar-refractivity contribution < 1.29 is 27.2 Å². The van der Waals surface area contributed by atoms with Crippen LogP contribution in [-0.2, 0) is 11.0 Å². The Morgan fingerprint density at radius 2 is 2.05 bits per heavy atom. The Morgan fingerprint density at radius 3 is 2.62 bits per heavy atom. The normalized spacial score (nSPS) is 19.3. The lowest BCUT2D eigenvalue weighted by Gasteiger charge is -2.13. The summed E-state index contributed by atoms with van der Waals surface area (Å²) in [5.74, 6) is -2.03. The number of hydrogen-bond acceptors (Lipinski definition) is 3. The fourth-order valence-electron chi connectivity index (χ4n) is 2.23. The van der Waals surface area contributed by atoms with Crippen LogP contribution >= 0.6 is 0 Å². The van der Waals surface area contributed by atoms with Crippen LogP contribution in [0.5, 0.6) is 0 Å². The molecule has 21 heavy (non-hydrogen) atoms. The van der Waals surface area contributed by atoms with E-state index in [9.17, 15) is 22.8 Å². The van der Waals surface area contributed by atoms with E-state index in [2.05, 4.69) is 9.73 Å². The summed E-state index contributed by atoms with van der Waals surface area (Å²) in [5.41, 5.74) is -0.554. The SMILES string of the molecule is CCCCC1NC(=O)N(c2cc(C)oc2C(F)(F)F)C1=O. The first kappa shape index (κ1) is 15.4. The number of imide groups is 1. The number of anilines is 1. The molecule has 1 saturated heterocycles. The standard InChI is InChI=1S/C13H15F3N2O3/c1-3-4-5-8-11(19)18(12(20)17-8)9-6-7(2)21-10(9)13(14,15)16/h6,8H,3-5H2,1-2H3,(H,17,20). The molecule has 0 aliphatic carbocycles. The van der Waals surface area contributed by atoms with Crippen molar-refractivity contribution in [1.82, 2.24) is 5.32 Å². The number of urea groups is 1. The molecular formula is C13H15F3N2O3. The van der Waals surface area contributed by atoms with Crippen LogP contribution in [0.4, 0.5) is 23.7 Å². The Kier molecular flexibility index (Phi) is 3.97. The third-order valence-electron chi connectivity index (χ3n) is 3.20. The third-order valence-corrected chi connectivity index (χ3v) is 3.20. The van der Waals surface area contributed by atoms with Gasteiger partial charge in [-0.15, -0.1) is 0 Å². The van der Waals surface area contributed by atoms with Gasteiger partial charge in [0.15, 0.2) is 0 Å². The van der Waals surface area contributed by atoms with E-state index in [4.69, 9.17) is 0 Å². The molecule has 1 N–H and O–H groups in total. The van der Waals surface area contributed by atoms with Gasteiger partial charge in [-0.25, -0.2) is 9.69 Å². The van der Waals surface area contributed by atoms with E-state index in [1.165, 1.54) is 6.92 Å². The van der Waals surface area contributed by atoms with Crippen molar-refractivity contribution in [2.45, 2.75) is 45.3 Å². The fraction of sp³-hybridized carbons (Fsp3) is 0.538. The Morgan fingerprint density at radius 1 is 1.38 bits per heavy atom. The summed E-state index contributed by atoms with van der Waals surface area (Å²) in [4.78, 5) is 24.5. The van der Waals surface area contributed by atoms with E-state index in [1.807, 2.05) is 6.92 Å². The largest absolute Gasteiger partial charge is 0.455 e. The van der Waals surface area contributed by atoms with E-state index in [1.54, 1.807) is 0 Å². The Labute approximate surface area is 119 Å². The molecule has 0 bridgehead atoms. The molecule has 3 amide bonds. The second-order valence-electron chi connectivity index (χ2n) is 4.89. The van der Waals surface area contributed by atoms with Crippen molar-refractivity contribution in [3.05, 3.63) is 17.6 Å². The highest BCUT2D eigenvalue weighted by atomic mass is 19.4. The van der Waals surface area contributed by atoms with Gasteiger partial charge in [0.05, 0.1) is 0 Å². The number of unbranched alkanes of at least 4 members (excludes halogenated alkanes) is 1. The molecule has 0 spiro atoms. The van der Waals surface area contributed by atoms with Crippen molar-refractivity contribution in [1.29, 1.82) is 0 Å². The van der Waals surface area contributed by atoms with Crippen LogP contribution < -0.4 is 10.2 Å². The quantitative estimate of drug-likeness (QED) is 0.869. The van der Waals surface area contributed by atoms with Crippen molar-refractivity contribution in [2.24, 2.45) is 0 Å². The van der Waals surface area contributed by atoms with Crippen molar-refractivity contribution in [3.8, 4) is 0 Å². The van der Waals surface area contributed by atoms with Gasteiger partial charge >= 0.3 is 12.2 Å². The van der Waals surface area contributed by atoms with Crippen LogP contribution in [-0.4, -0.2) is 18.0 Å². The van der Waals surface area contributed by atoms with Gasteiger partial charge in [-0.1, -0.05) is 19.8 Å². The minimum absolute atomic E-state index is 0.0186. The van der Waals surface area contributed by atoms with Gasteiger partial charge in [0.2, 0.25) is 5.76 Å². The monoisotopic (exact) mass is 304 g/mol. The summed E-state index contributed by atoms with van der Waals surface area (Å²) in [6.07, 6.45) is -2.86. The number of alkyl halides is 3. The topological polar surface area (TPSA) is 62.6 Å². The number of rotatable bonds is 4. The molecule has 0 radical (unpaired) electrons. The molecule has 0 saturated carbocycles. The second kappa shape index (κ2) is 5.42. The highest BCUT2D eigenvalue weighted by molar-refractivity contribution is 6.21. The van der Waals surface area contributed by atoms with Crippen molar-refractivity contribution in [2.75, 3.05) is 4.90 Å². The predicted molar refractivity (Wildman–Crippen MR) is 67.8 cm³/mol. The Balaban J connectivity index is 2.34. The minimum Gasteiger partial charge on any atom is -0.455 e. The van der Waals surface area contributed by atoms with E-state index in [-0.39, 0.29) is 5.76 Å². The number of halogens is 3. The van der Waals surface area contributed by atoms with Crippen molar-refractivity contribution in [3.63, 3.8) is 0 Å². The number of furan rings is 1. The molecule has 1 fully saturated rings. The molecule has 5 nitrogen and oxygen atoms in total. The molecule has 1 atom stereocenters. The second-order valence-corrected chi connectivity index (χ2v) is 4.89. The molecule has 2 heterocycles. The maximum atomic E-state index is 12.9. The zero-order valence-corrected chi connectivity index (χ0v) is 11.6. The number of carbonyl (C=O) groups is 2. The lowest BCUT2D eigenvalue weighted by atomic mass is 10.1. The molecular weight excluding hydrogens is 289 g/mol. The van der Waals surface area contributed by atoms with Crippen LogP contribution in [0.3, 0.4) is 0 Å².